The van der Waals surface area contributed by atoms with E-state index >= 15 is 0 Å². The van der Waals surface area contributed by atoms with Crippen LogP contribution >= 0.6 is 0 Å². The summed E-state index contributed by atoms with van der Waals surface area (Å²) < 4.78 is 34.6. The highest BCUT2D eigenvalue weighted by Crippen LogP contribution is 2.21. The van der Waals surface area contributed by atoms with Crippen LogP contribution in [0.4, 0.5) is 20.2 Å². The molecule has 1 fully saturated rings. The zero-order valence-electron chi connectivity index (χ0n) is 9.81. The summed E-state index contributed by atoms with van der Waals surface area (Å²) in [7, 11) is 0. The molecule has 1 aliphatic heterocycles. The molecule has 0 amide bonds. The highest BCUT2D eigenvalue weighted by atomic mass is 19.3. The fourth-order valence-electron chi connectivity index (χ4n) is 1.86. The second-order valence-electron chi connectivity index (χ2n) is 4.14. The highest BCUT2D eigenvalue weighted by Gasteiger charge is 2.30. The van der Waals surface area contributed by atoms with Crippen molar-refractivity contribution >= 4 is 11.4 Å². The molecule has 0 radical (unpaired) electrons. The van der Waals surface area contributed by atoms with Crippen LogP contribution in [0, 0.1) is 0 Å². The molecule has 1 saturated heterocycles. The molecule has 0 aromatic heterocycles. The van der Waals surface area contributed by atoms with E-state index < -0.39 is 13.0 Å². The highest BCUT2D eigenvalue weighted by molar-refractivity contribution is 5.66. The fraction of sp³-hybridized carbons (Fsp3) is 0.500. The molecule has 0 unspecified atom stereocenters. The first-order valence-electron chi connectivity index (χ1n) is 5.75. The van der Waals surface area contributed by atoms with Crippen LogP contribution in [0.1, 0.15) is 0 Å². The van der Waals surface area contributed by atoms with Crippen molar-refractivity contribution in [2.75, 3.05) is 30.9 Å². The molecule has 0 saturated carbocycles. The average Bonchev–Trinajstić information content (AvgIpc) is 2.77. The lowest BCUT2D eigenvalue weighted by Crippen LogP contribution is -2.35. The van der Waals surface area contributed by atoms with E-state index in [0.717, 1.165) is 5.69 Å². The predicted octanol–water partition coefficient (Wildman–Crippen LogP) is 1.73. The Bertz CT molecular complexity index is 390. The monoisotopic (exact) mass is 258 g/mol. The molecule has 4 nitrogen and oxygen atoms in total. The largest absolute Gasteiger partial charge is 0.397 e. The van der Waals surface area contributed by atoms with E-state index in [-0.39, 0.29) is 12.1 Å². The Hall–Kier alpha value is -1.40. The van der Waals surface area contributed by atoms with Gasteiger partial charge in [0.1, 0.15) is 12.7 Å². The molecule has 0 spiro atoms. The van der Waals surface area contributed by atoms with E-state index in [0.29, 0.717) is 18.9 Å². The predicted molar refractivity (Wildman–Crippen MR) is 64.8 cm³/mol. The normalized spacial score (nSPS) is 23.5. The zero-order valence-corrected chi connectivity index (χ0v) is 9.81. The van der Waals surface area contributed by atoms with E-state index in [4.69, 9.17) is 15.2 Å². The Morgan fingerprint density at radius 1 is 1.39 bits per heavy atom. The van der Waals surface area contributed by atoms with E-state index in [9.17, 15) is 8.78 Å². The summed E-state index contributed by atoms with van der Waals surface area (Å²) >= 11 is 0. The summed E-state index contributed by atoms with van der Waals surface area (Å²) in [6, 6.07) is 7.12. The number of nitrogens with two attached hydrogens (primary N) is 1. The number of anilines is 2. The minimum atomic E-state index is -2.46. The maximum atomic E-state index is 12.1. The van der Waals surface area contributed by atoms with Crippen LogP contribution in [0.5, 0.6) is 0 Å². The number of nitrogen functional groups attached to an aromatic ring is 1. The Labute approximate surface area is 104 Å². The van der Waals surface area contributed by atoms with Gasteiger partial charge < -0.3 is 20.5 Å². The number of hydrogen-bond donors (Lipinski definition) is 2. The zero-order chi connectivity index (χ0) is 13.0. The SMILES string of the molecule is Nc1ccccc1N[C@@H]1COC[C@@H]1OCC(F)F. The second kappa shape index (κ2) is 5.97. The summed E-state index contributed by atoms with van der Waals surface area (Å²) in [5.41, 5.74) is 7.17. The van der Waals surface area contributed by atoms with Crippen molar-refractivity contribution in [1.82, 2.24) is 0 Å². The van der Waals surface area contributed by atoms with Gasteiger partial charge >= 0.3 is 0 Å². The van der Waals surface area contributed by atoms with Crippen LogP contribution in [0.15, 0.2) is 24.3 Å². The number of para-hydroxylation sites is 2. The molecule has 0 bridgehead atoms. The number of alkyl halides is 2. The Morgan fingerprint density at radius 2 is 2.17 bits per heavy atom. The van der Waals surface area contributed by atoms with E-state index in [1.54, 1.807) is 6.07 Å². The third kappa shape index (κ3) is 3.30. The smallest absolute Gasteiger partial charge is 0.261 e. The molecule has 100 valence electrons. The van der Waals surface area contributed by atoms with E-state index in [1.807, 2.05) is 18.2 Å². The van der Waals surface area contributed by atoms with Gasteiger partial charge in [-0.15, -0.1) is 0 Å². The molecule has 1 aliphatic rings. The van der Waals surface area contributed by atoms with Crippen LogP contribution in [0.3, 0.4) is 0 Å². The van der Waals surface area contributed by atoms with Gasteiger partial charge in [-0.2, -0.15) is 0 Å². The van der Waals surface area contributed by atoms with Crippen molar-refractivity contribution in [3.8, 4) is 0 Å². The molecular weight excluding hydrogens is 242 g/mol. The van der Waals surface area contributed by atoms with Gasteiger partial charge in [-0.1, -0.05) is 12.1 Å². The standard InChI is InChI=1S/C12H16F2N2O2/c13-12(14)7-18-11-6-17-5-10(11)16-9-4-2-1-3-8(9)15/h1-4,10-12,16H,5-7,15H2/t10-,11+/m1/s1. The molecular formula is C12H16F2N2O2. The van der Waals surface area contributed by atoms with Gasteiger partial charge in [0, 0.05) is 0 Å². The summed E-state index contributed by atoms with van der Waals surface area (Å²) in [4.78, 5) is 0. The van der Waals surface area contributed by atoms with Crippen molar-refractivity contribution in [3.63, 3.8) is 0 Å². The molecule has 1 heterocycles. The summed E-state index contributed by atoms with van der Waals surface area (Å²) in [5, 5.41) is 3.16. The van der Waals surface area contributed by atoms with Gasteiger partial charge in [0.15, 0.2) is 0 Å². The van der Waals surface area contributed by atoms with E-state index in [1.165, 1.54) is 0 Å². The number of nitrogens with one attached hydrogen (secondary N) is 1. The van der Waals surface area contributed by atoms with Crippen LogP contribution in [0.2, 0.25) is 0 Å². The minimum absolute atomic E-state index is 0.159. The van der Waals surface area contributed by atoms with E-state index in [2.05, 4.69) is 5.32 Å². The van der Waals surface area contributed by atoms with Gasteiger partial charge in [-0.05, 0) is 12.1 Å². The molecule has 1 aromatic rings. The summed E-state index contributed by atoms with van der Waals surface area (Å²) in [6.45, 7) is 0.163. The van der Waals surface area contributed by atoms with Crippen molar-refractivity contribution in [2.24, 2.45) is 0 Å². The minimum Gasteiger partial charge on any atom is -0.397 e. The van der Waals surface area contributed by atoms with Crippen molar-refractivity contribution in [1.29, 1.82) is 0 Å². The molecule has 6 heteroatoms. The molecule has 18 heavy (non-hydrogen) atoms. The quantitative estimate of drug-likeness (QED) is 0.790. The fourth-order valence-corrected chi connectivity index (χ4v) is 1.86. The first-order valence-corrected chi connectivity index (χ1v) is 5.75. The maximum absolute atomic E-state index is 12.1. The van der Waals surface area contributed by atoms with Gasteiger partial charge in [-0.25, -0.2) is 8.78 Å². The molecule has 3 N–H and O–H groups in total. The summed E-state index contributed by atoms with van der Waals surface area (Å²) in [6.07, 6.45) is -2.84. The van der Waals surface area contributed by atoms with Gasteiger partial charge in [-0.3, -0.25) is 0 Å². The number of ether oxygens (including phenoxy) is 2. The first kappa shape index (κ1) is 13.0. The lowest BCUT2D eigenvalue weighted by molar-refractivity contribution is -0.0281. The van der Waals surface area contributed by atoms with Crippen LogP contribution in [-0.4, -0.2) is 38.4 Å². The third-order valence-electron chi connectivity index (χ3n) is 2.77. The van der Waals surface area contributed by atoms with Gasteiger partial charge in [0.2, 0.25) is 0 Å². The number of halogens is 2. The van der Waals surface area contributed by atoms with Crippen molar-refractivity contribution in [3.05, 3.63) is 24.3 Å². The van der Waals surface area contributed by atoms with Gasteiger partial charge in [0.25, 0.3) is 6.43 Å². The second-order valence-corrected chi connectivity index (χ2v) is 4.14. The van der Waals surface area contributed by atoms with Crippen LogP contribution in [-0.2, 0) is 9.47 Å². The topological polar surface area (TPSA) is 56.5 Å². The first-order chi connectivity index (χ1) is 8.66. The molecule has 1 aromatic carbocycles. The number of rotatable bonds is 5. The molecule has 2 atom stereocenters. The third-order valence-corrected chi connectivity index (χ3v) is 2.77. The Kier molecular flexibility index (Phi) is 4.33. The lowest BCUT2D eigenvalue weighted by atomic mass is 10.2. The number of hydrogen-bond acceptors (Lipinski definition) is 4. The summed E-state index contributed by atoms with van der Waals surface area (Å²) in [5.74, 6) is 0. The Balaban J connectivity index is 1.93. The lowest BCUT2D eigenvalue weighted by Gasteiger charge is -2.21. The molecule has 2 rings (SSSR count). The van der Waals surface area contributed by atoms with Gasteiger partial charge in [0.05, 0.1) is 30.6 Å². The maximum Gasteiger partial charge on any atom is 0.261 e. The van der Waals surface area contributed by atoms with Crippen molar-refractivity contribution < 1.29 is 18.3 Å². The number of benzene rings is 1. The van der Waals surface area contributed by atoms with Crippen LogP contribution < -0.4 is 11.1 Å². The Morgan fingerprint density at radius 3 is 2.89 bits per heavy atom. The van der Waals surface area contributed by atoms with Crippen molar-refractivity contribution in [2.45, 2.75) is 18.6 Å². The average molecular weight is 258 g/mol. The molecule has 0 aliphatic carbocycles. The van der Waals surface area contributed by atoms with Crippen LogP contribution in [0.25, 0.3) is 0 Å².